The summed E-state index contributed by atoms with van der Waals surface area (Å²) in [5.74, 6) is 0.855. The minimum Gasteiger partial charge on any atom is -0.467 e. The summed E-state index contributed by atoms with van der Waals surface area (Å²) in [5, 5.41) is 14.3. The van der Waals surface area contributed by atoms with Crippen LogP contribution in [0, 0.1) is 10.1 Å². The van der Waals surface area contributed by atoms with E-state index in [4.69, 9.17) is 14.9 Å². The average Bonchev–Trinajstić information content (AvgIpc) is 3.04. The average molecular weight is 348 g/mol. The van der Waals surface area contributed by atoms with Gasteiger partial charge in [0.15, 0.2) is 0 Å². The van der Waals surface area contributed by atoms with E-state index in [0.29, 0.717) is 24.8 Å². The van der Waals surface area contributed by atoms with E-state index in [0.717, 1.165) is 0 Å². The fourth-order valence-electron chi connectivity index (χ4n) is 2.83. The molecule has 2 aromatic heterocycles. The summed E-state index contributed by atoms with van der Waals surface area (Å²) in [6, 6.07) is 3.50. The topological polar surface area (TPSA) is 133 Å². The van der Waals surface area contributed by atoms with Gasteiger partial charge >= 0.3 is 5.69 Å². The Morgan fingerprint density at radius 1 is 1.40 bits per heavy atom. The van der Waals surface area contributed by atoms with E-state index in [1.165, 1.54) is 6.26 Å². The summed E-state index contributed by atoms with van der Waals surface area (Å²) in [4.78, 5) is 21.1. The summed E-state index contributed by atoms with van der Waals surface area (Å²) in [5.41, 5.74) is 5.49. The maximum absolute atomic E-state index is 11.3. The highest BCUT2D eigenvalue weighted by Crippen LogP contribution is 2.31. The number of nitrogens with one attached hydrogen (secondary N) is 1. The molecule has 2 atom stereocenters. The van der Waals surface area contributed by atoms with Crippen LogP contribution in [0.1, 0.15) is 19.6 Å². The first-order chi connectivity index (χ1) is 11.9. The van der Waals surface area contributed by atoms with Gasteiger partial charge in [0.2, 0.25) is 17.6 Å². The number of ether oxygens (including phenoxy) is 1. The molecule has 0 aromatic carbocycles. The molecule has 0 radical (unpaired) electrons. The van der Waals surface area contributed by atoms with Crippen LogP contribution in [0.2, 0.25) is 0 Å². The van der Waals surface area contributed by atoms with Crippen molar-refractivity contribution in [3.63, 3.8) is 0 Å². The van der Waals surface area contributed by atoms with Crippen molar-refractivity contribution in [1.82, 2.24) is 9.97 Å². The van der Waals surface area contributed by atoms with Crippen molar-refractivity contribution >= 4 is 23.3 Å². The van der Waals surface area contributed by atoms with Crippen LogP contribution in [0.4, 0.5) is 23.3 Å². The highest BCUT2D eigenvalue weighted by Gasteiger charge is 2.28. The molecule has 1 aliphatic heterocycles. The Morgan fingerprint density at radius 3 is 2.72 bits per heavy atom. The van der Waals surface area contributed by atoms with Gasteiger partial charge in [-0.05, 0) is 26.0 Å². The Labute approximate surface area is 144 Å². The van der Waals surface area contributed by atoms with Crippen molar-refractivity contribution in [2.24, 2.45) is 0 Å². The first kappa shape index (κ1) is 17.0. The number of morpholine rings is 1. The molecule has 2 aromatic rings. The zero-order chi connectivity index (χ0) is 18.0. The van der Waals surface area contributed by atoms with Crippen molar-refractivity contribution in [2.75, 3.05) is 29.0 Å². The van der Waals surface area contributed by atoms with Crippen LogP contribution in [-0.2, 0) is 11.3 Å². The molecule has 1 saturated heterocycles. The molecule has 10 nitrogen and oxygen atoms in total. The van der Waals surface area contributed by atoms with Gasteiger partial charge in [0.25, 0.3) is 0 Å². The molecule has 0 saturated carbocycles. The number of anilines is 3. The van der Waals surface area contributed by atoms with Gasteiger partial charge in [0.1, 0.15) is 5.76 Å². The lowest BCUT2D eigenvalue weighted by Crippen LogP contribution is -2.46. The van der Waals surface area contributed by atoms with Crippen molar-refractivity contribution in [2.45, 2.75) is 32.6 Å². The van der Waals surface area contributed by atoms with Gasteiger partial charge in [0, 0.05) is 13.1 Å². The quantitative estimate of drug-likeness (QED) is 0.612. The molecule has 1 aliphatic rings. The van der Waals surface area contributed by atoms with Crippen LogP contribution in [0.25, 0.3) is 0 Å². The van der Waals surface area contributed by atoms with Crippen molar-refractivity contribution < 1.29 is 14.1 Å². The Balaban J connectivity index is 1.90. The van der Waals surface area contributed by atoms with E-state index >= 15 is 0 Å². The van der Waals surface area contributed by atoms with Crippen molar-refractivity contribution in [3.8, 4) is 0 Å². The van der Waals surface area contributed by atoms with Crippen LogP contribution in [0.5, 0.6) is 0 Å². The van der Waals surface area contributed by atoms with Gasteiger partial charge in [-0.2, -0.15) is 9.97 Å². The minimum absolute atomic E-state index is 0.00305. The Hall–Kier alpha value is -2.88. The summed E-state index contributed by atoms with van der Waals surface area (Å²) in [6.45, 7) is 5.32. The molecule has 0 unspecified atom stereocenters. The van der Waals surface area contributed by atoms with Crippen LogP contribution in [0.3, 0.4) is 0 Å². The number of rotatable bonds is 5. The van der Waals surface area contributed by atoms with E-state index in [1.54, 1.807) is 12.1 Å². The Bertz CT molecular complexity index is 741. The number of nitro groups is 1. The third-order valence-corrected chi connectivity index (χ3v) is 3.79. The second kappa shape index (κ2) is 6.93. The smallest absolute Gasteiger partial charge is 0.353 e. The lowest BCUT2D eigenvalue weighted by Gasteiger charge is -2.35. The molecule has 0 amide bonds. The molecule has 3 heterocycles. The first-order valence-corrected chi connectivity index (χ1v) is 7.92. The summed E-state index contributed by atoms with van der Waals surface area (Å²) < 4.78 is 10.9. The lowest BCUT2D eigenvalue weighted by atomic mass is 10.2. The molecule has 0 spiro atoms. The second-order valence-electron chi connectivity index (χ2n) is 5.96. The number of aromatic nitrogens is 2. The van der Waals surface area contributed by atoms with Crippen LogP contribution in [0.15, 0.2) is 22.8 Å². The number of furan rings is 1. The largest absolute Gasteiger partial charge is 0.467 e. The van der Waals surface area contributed by atoms with Crippen molar-refractivity contribution in [3.05, 3.63) is 34.3 Å². The van der Waals surface area contributed by atoms with E-state index in [1.807, 2.05) is 18.7 Å². The second-order valence-corrected chi connectivity index (χ2v) is 5.96. The van der Waals surface area contributed by atoms with Crippen molar-refractivity contribution in [1.29, 1.82) is 0 Å². The maximum atomic E-state index is 11.3. The zero-order valence-electron chi connectivity index (χ0n) is 14.0. The number of nitrogens with two attached hydrogens (primary N) is 1. The fourth-order valence-corrected chi connectivity index (χ4v) is 2.83. The highest BCUT2D eigenvalue weighted by atomic mass is 16.6. The van der Waals surface area contributed by atoms with E-state index in [9.17, 15) is 10.1 Å². The molecule has 0 bridgehead atoms. The fraction of sp³-hybridized carbons (Fsp3) is 0.467. The predicted octanol–water partition coefficient (Wildman–Crippen LogP) is 1.79. The SMILES string of the molecule is C[C@@H]1CN(c2nc(N)c([N+](=O)[O-])c(NCc3ccco3)n2)C[C@@H](C)O1. The molecule has 3 rings (SSSR count). The maximum Gasteiger partial charge on any atom is 0.353 e. The molecular formula is C15H20N6O4. The van der Waals surface area contributed by atoms with E-state index < -0.39 is 4.92 Å². The standard InChI is InChI=1S/C15H20N6O4/c1-9-7-20(8-10(2)25-9)15-18-13(16)12(21(22)23)14(19-15)17-6-11-4-3-5-24-11/h3-5,9-10H,6-8H2,1-2H3,(H3,16,17,18,19)/t9-,10-/m1/s1. The van der Waals surface area contributed by atoms with Crippen LogP contribution in [-0.4, -0.2) is 40.2 Å². The first-order valence-electron chi connectivity index (χ1n) is 7.92. The number of hydrogen-bond acceptors (Lipinski definition) is 9. The summed E-state index contributed by atoms with van der Waals surface area (Å²) >= 11 is 0. The highest BCUT2D eigenvalue weighted by molar-refractivity contribution is 5.70. The predicted molar refractivity (Wildman–Crippen MR) is 91.4 cm³/mol. The lowest BCUT2D eigenvalue weighted by molar-refractivity contribution is -0.383. The molecule has 0 aliphatic carbocycles. The molecule has 134 valence electrons. The van der Waals surface area contributed by atoms with E-state index in [2.05, 4.69) is 15.3 Å². The van der Waals surface area contributed by atoms with Gasteiger partial charge in [0.05, 0.1) is 29.9 Å². The summed E-state index contributed by atoms with van der Waals surface area (Å²) in [7, 11) is 0. The normalized spacial score (nSPS) is 20.5. The molecular weight excluding hydrogens is 328 g/mol. The third kappa shape index (κ3) is 3.79. The molecule has 3 N–H and O–H groups in total. The molecule has 10 heteroatoms. The molecule has 25 heavy (non-hydrogen) atoms. The van der Waals surface area contributed by atoms with Gasteiger partial charge in [-0.15, -0.1) is 0 Å². The van der Waals surface area contributed by atoms with E-state index in [-0.39, 0.29) is 36.1 Å². The zero-order valence-corrected chi connectivity index (χ0v) is 14.0. The van der Waals surface area contributed by atoms with Gasteiger partial charge in [-0.1, -0.05) is 0 Å². The Kier molecular flexibility index (Phi) is 4.70. The van der Waals surface area contributed by atoms with Gasteiger partial charge in [-0.3, -0.25) is 10.1 Å². The summed E-state index contributed by atoms with van der Waals surface area (Å²) in [6.07, 6.45) is 1.54. The van der Waals surface area contributed by atoms with Gasteiger partial charge in [-0.25, -0.2) is 0 Å². The number of nitrogens with zero attached hydrogens (tertiary/aromatic N) is 4. The Morgan fingerprint density at radius 2 is 2.12 bits per heavy atom. The van der Waals surface area contributed by atoms with Crippen LogP contribution >= 0.6 is 0 Å². The number of nitrogen functional groups attached to an aromatic ring is 1. The minimum atomic E-state index is -0.589. The van der Waals surface area contributed by atoms with Crippen LogP contribution < -0.4 is 16.0 Å². The number of hydrogen-bond donors (Lipinski definition) is 2. The monoisotopic (exact) mass is 348 g/mol. The molecule has 1 fully saturated rings. The third-order valence-electron chi connectivity index (χ3n) is 3.79. The van der Waals surface area contributed by atoms with Gasteiger partial charge < -0.3 is 25.1 Å².